The van der Waals surface area contributed by atoms with E-state index in [4.69, 9.17) is 4.74 Å². The van der Waals surface area contributed by atoms with Crippen LogP contribution in [0.25, 0.3) is 0 Å². The van der Waals surface area contributed by atoms with Crippen LogP contribution in [0.1, 0.15) is 17.5 Å². The molecule has 8 nitrogen and oxygen atoms in total. The molecule has 1 spiro atoms. The Balaban J connectivity index is 1.49. The number of nitrogens with one attached hydrogen (secondary N) is 2. The van der Waals surface area contributed by atoms with Gasteiger partial charge >= 0.3 is 6.03 Å². The van der Waals surface area contributed by atoms with Gasteiger partial charge in [0.2, 0.25) is 11.8 Å². The van der Waals surface area contributed by atoms with Crippen molar-refractivity contribution in [2.24, 2.45) is 0 Å². The first-order valence-corrected chi connectivity index (χ1v) is 8.56. The lowest BCUT2D eigenvalue weighted by atomic mass is 9.92. The average molecular weight is 366 g/mol. The summed E-state index contributed by atoms with van der Waals surface area (Å²) in [7, 11) is 1.50. The van der Waals surface area contributed by atoms with Crippen molar-refractivity contribution >= 4 is 23.5 Å². The van der Waals surface area contributed by atoms with E-state index in [1.807, 2.05) is 24.3 Å². The number of nitrogens with zero attached hydrogens (tertiary/aromatic N) is 2. The Morgan fingerprint density at radius 1 is 1.30 bits per heavy atom. The highest BCUT2D eigenvalue weighted by Crippen LogP contribution is 2.41. The molecule has 1 aliphatic carbocycles. The molecule has 138 valence electrons. The quantitative estimate of drug-likeness (QED) is 0.797. The number of fused-ring (bicyclic) bond motifs is 2. The van der Waals surface area contributed by atoms with E-state index in [1.54, 1.807) is 12.1 Å². The lowest BCUT2D eigenvalue weighted by Gasteiger charge is -2.22. The SMILES string of the molecule is COc1ccc(NC(=O)CN2C(=O)N[C@]3(CCc4ccccc43)C2=O)cn1. The Morgan fingerprint density at radius 3 is 2.85 bits per heavy atom. The van der Waals surface area contributed by atoms with E-state index in [1.165, 1.54) is 13.3 Å². The number of pyridine rings is 1. The van der Waals surface area contributed by atoms with Crippen molar-refractivity contribution in [3.63, 3.8) is 0 Å². The van der Waals surface area contributed by atoms with Gasteiger partial charge in [-0.1, -0.05) is 24.3 Å². The molecule has 1 atom stereocenters. The molecule has 2 aromatic rings. The zero-order valence-electron chi connectivity index (χ0n) is 14.7. The number of imide groups is 1. The van der Waals surface area contributed by atoms with E-state index < -0.39 is 17.5 Å². The Kier molecular flexibility index (Phi) is 4.02. The Hall–Kier alpha value is -3.42. The molecule has 8 heteroatoms. The van der Waals surface area contributed by atoms with Gasteiger partial charge in [0.25, 0.3) is 5.91 Å². The molecule has 2 heterocycles. The third-order valence-corrected chi connectivity index (χ3v) is 4.95. The van der Waals surface area contributed by atoms with Gasteiger partial charge in [-0.05, 0) is 30.0 Å². The first-order chi connectivity index (χ1) is 13.0. The average Bonchev–Trinajstić information content (AvgIpc) is 3.16. The van der Waals surface area contributed by atoms with Crippen molar-refractivity contribution in [2.75, 3.05) is 19.0 Å². The van der Waals surface area contributed by atoms with Crippen LogP contribution in [0.4, 0.5) is 10.5 Å². The number of methoxy groups -OCH3 is 1. The van der Waals surface area contributed by atoms with Crippen LogP contribution in [0.2, 0.25) is 0 Å². The van der Waals surface area contributed by atoms with Gasteiger partial charge in [-0.25, -0.2) is 9.78 Å². The largest absolute Gasteiger partial charge is 0.481 e. The Morgan fingerprint density at radius 2 is 2.11 bits per heavy atom. The van der Waals surface area contributed by atoms with Gasteiger partial charge in [0.15, 0.2) is 0 Å². The highest BCUT2D eigenvalue weighted by molar-refractivity contribution is 6.10. The van der Waals surface area contributed by atoms with Crippen LogP contribution in [-0.4, -0.2) is 41.4 Å². The minimum atomic E-state index is -1.06. The van der Waals surface area contributed by atoms with Crippen molar-refractivity contribution in [2.45, 2.75) is 18.4 Å². The first-order valence-electron chi connectivity index (χ1n) is 8.56. The van der Waals surface area contributed by atoms with Gasteiger partial charge in [-0.15, -0.1) is 0 Å². The molecular weight excluding hydrogens is 348 g/mol. The highest BCUT2D eigenvalue weighted by Gasteiger charge is 2.55. The molecule has 4 rings (SSSR count). The number of amides is 4. The predicted molar refractivity (Wildman–Crippen MR) is 96.1 cm³/mol. The van der Waals surface area contributed by atoms with Crippen LogP contribution in [0.5, 0.6) is 5.88 Å². The fourth-order valence-corrected chi connectivity index (χ4v) is 3.65. The minimum absolute atomic E-state index is 0.361. The number of benzene rings is 1. The molecule has 1 aliphatic heterocycles. The summed E-state index contributed by atoms with van der Waals surface area (Å²) >= 11 is 0. The summed E-state index contributed by atoms with van der Waals surface area (Å²) < 4.78 is 4.96. The molecule has 0 radical (unpaired) electrons. The zero-order valence-corrected chi connectivity index (χ0v) is 14.7. The van der Waals surface area contributed by atoms with E-state index in [0.717, 1.165) is 16.0 Å². The second-order valence-corrected chi connectivity index (χ2v) is 6.52. The van der Waals surface area contributed by atoms with Gasteiger partial charge < -0.3 is 15.4 Å². The molecule has 0 unspecified atom stereocenters. The van der Waals surface area contributed by atoms with Crippen LogP contribution in [-0.2, 0) is 21.5 Å². The maximum absolute atomic E-state index is 13.0. The number of aromatic nitrogens is 1. The summed E-state index contributed by atoms with van der Waals surface area (Å²) in [6.45, 7) is -0.361. The molecule has 1 saturated heterocycles. The topological polar surface area (TPSA) is 101 Å². The molecule has 0 bridgehead atoms. The summed E-state index contributed by atoms with van der Waals surface area (Å²) in [6.07, 6.45) is 2.65. The number of anilines is 1. The van der Waals surface area contributed by atoms with Gasteiger partial charge in [0.1, 0.15) is 12.1 Å². The number of rotatable bonds is 4. The number of aryl methyl sites for hydroxylation is 1. The third-order valence-electron chi connectivity index (χ3n) is 4.95. The summed E-state index contributed by atoms with van der Waals surface area (Å²) in [5.41, 5.74) is 1.25. The minimum Gasteiger partial charge on any atom is -0.481 e. The van der Waals surface area contributed by atoms with E-state index in [0.29, 0.717) is 24.4 Å². The summed E-state index contributed by atoms with van der Waals surface area (Å²) in [5.74, 6) is -0.446. The van der Waals surface area contributed by atoms with Crippen LogP contribution in [0.3, 0.4) is 0 Å². The fourth-order valence-electron chi connectivity index (χ4n) is 3.65. The lowest BCUT2D eigenvalue weighted by molar-refractivity contribution is -0.134. The highest BCUT2D eigenvalue weighted by atomic mass is 16.5. The number of carbonyl (C=O) groups is 3. The maximum Gasteiger partial charge on any atom is 0.325 e. The smallest absolute Gasteiger partial charge is 0.325 e. The number of urea groups is 1. The van der Waals surface area contributed by atoms with Crippen LogP contribution in [0, 0.1) is 0 Å². The second kappa shape index (κ2) is 6.39. The molecular formula is C19H18N4O4. The Bertz CT molecular complexity index is 928. The van der Waals surface area contributed by atoms with Gasteiger partial charge in [-0.3, -0.25) is 14.5 Å². The standard InChI is InChI=1S/C19H18N4O4/c1-27-16-7-6-13(10-20-16)21-15(24)11-23-17(25)19(22-18(23)26)9-8-12-4-2-3-5-14(12)19/h2-7,10H,8-9,11H2,1H3,(H,21,24)(H,22,26)/t19-/m0/s1. The van der Waals surface area contributed by atoms with E-state index in [9.17, 15) is 14.4 Å². The fraction of sp³-hybridized carbons (Fsp3) is 0.263. The summed E-state index contributed by atoms with van der Waals surface area (Å²) in [6, 6.07) is 10.2. The van der Waals surface area contributed by atoms with E-state index >= 15 is 0 Å². The predicted octanol–water partition coefficient (Wildman–Crippen LogP) is 1.42. The monoisotopic (exact) mass is 366 g/mol. The number of hydrogen-bond acceptors (Lipinski definition) is 5. The molecule has 1 fully saturated rings. The molecule has 2 N–H and O–H groups in total. The van der Waals surface area contributed by atoms with Crippen LogP contribution in [0.15, 0.2) is 42.6 Å². The zero-order chi connectivity index (χ0) is 19.0. The van der Waals surface area contributed by atoms with Crippen molar-refractivity contribution in [1.82, 2.24) is 15.2 Å². The number of carbonyl (C=O) groups excluding carboxylic acids is 3. The van der Waals surface area contributed by atoms with E-state index in [2.05, 4.69) is 15.6 Å². The molecule has 2 aliphatic rings. The molecule has 4 amide bonds. The van der Waals surface area contributed by atoms with Gasteiger partial charge in [0.05, 0.1) is 19.0 Å². The second-order valence-electron chi connectivity index (χ2n) is 6.52. The first kappa shape index (κ1) is 17.0. The molecule has 27 heavy (non-hydrogen) atoms. The van der Waals surface area contributed by atoms with Crippen molar-refractivity contribution in [3.8, 4) is 5.88 Å². The molecule has 0 saturated carbocycles. The van der Waals surface area contributed by atoms with Crippen molar-refractivity contribution in [3.05, 3.63) is 53.7 Å². The van der Waals surface area contributed by atoms with Gasteiger partial charge in [0, 0.05) is 6.07 Å². The Labute approximate surface area is 155 Å². The van der Waals surface area contributed by atoms with Crippen molar-refractivity contribution in [1.29, 1.82) is 0 Å². The third kappa shape index (κ3) is 2.79. The van der Waals surface area contributed by atoms with Gasteiger partial charge in [-0.2, -0.15) is 0 Å². The molecule has 1 aromatic carbocycles. The molecule has 1 aromatic heterocycles. The maximum atomic E-state index is 13.0. The van der Waals surface area contributed by atoms with E-state index in [-0.39, 0.29) is 12.5 Å². The van der Waals surface area contributed by atoms with Crippen LogP contribution >= 0.6 is 0 Å². The number of ether oxygens (including phenoxy) is 1. The van der Waals surface area contributed by atoms with Crippen LogP contribution < -0.4 is 15.4 Å². The lowest BCUT2D eigenvalue weighted by Crippen LogP contribution is -2.43. The summed E-state index contributed by atoms with van der Waals surface area (Å²) in [4.78, 5) is 42.7. The van der Waals surface area contributed by atoms with Crippen molar-refractivity contribution < 1.29 is 19.1 Å². The summed E-state index contributed by atoms with van der Waals surface area (Å²) in [5, 5.41) is 5.43. The normalized spacial score (nSPS) is 20.6. The number of hydrogen-bond donors (Lipinski definition) is 2.